The molecule has 0 atom stereocenters. The van der Waals surface area contributed by atoms with Crippen LogP contribution < -0.4 is 5.46 Å². The van der Waals surface area contributed by atoms with Crippen LogP contribution in [0, 0.1) is 11.3 Å². The molecule has 1 N–H and O–H groups in total. The maximum absolute atomic E-state index is 10.0. The van der Waals surface area contributed by atoms with Crippen molar-refractivity contribution in [3.63, 3.8) is 0 Å². The third-order valence-electron chi connectivity index (χ3n) is 6.08. The molecule has 1 aromatic carbocycles. The van der Waals surface area contributed by atoms with Crippen LogP contribution in [0.2, 0.25) is 0 Å². The van der Waals surface area contributed by atoms with Gasteiger partial charge in [0.25, 0.3) is 0 Å². The molecule has 0 radical (unpaired) electrons. The number of aromatic nitrogens is 2. The minimum atomic E-state index is -0.628. The lowest BCUT2D eigenvalue weighted by atomic mass is 9.76. The van der Waals surface area contributed by atoms with Crippen molar-refractivity contribution in [3.05, 3.63) is 24.0 Å². The molecule has 1 saturated heterocycles. The number of nitrogens with zero attached hydrogens (tertiary/aromatic N) is 3. The molecule has 1 aromatic heterocycles. The summed E-state index contributed by atoms with van der Waals surface area (Å²) in [5.74, 6) is 0. The molecule has 2 fully saturated rings. The van der Waals surface area contributed by atoms with Crippen LogP contribution in [0.5, 0.6) is 0 Å². The van der Waals surface area contributed by atoms with E-state index in [0.29, 0.717) is 18.4 Å². The second-order valence-electron chi connectivity index (χ2n) is 8.85. The number of imidazole rings is 1. The van der Waals surface area contributed by atoms with E-state index < -0.39 is 23.9 Å². The number of fused-ring (bicyclic) bond motifs is 1. The molecule has 7 heteroatoms. The van der Waals surface area contributed by atoms with Gasteiger partial charge in [0.2, 0.25) is 0 Å². The van der Waals surface area contributed by atoms with Crippen molar-refractivity contribution >= 4 is 23.6 Å². The molecule has 0 unspecified atom stereocenters. The number of benzene rings is 1. The van der Waals surface area contributed by atoms with Gasteiger partial charge in [-0.25, -0.2) is 4.98 Å². The summed E-state index contributed by atoms with van der Waals surface area (Å²) in [5, 5.41) is 19.7. The zero-order valence-electron chi connectivity index (χ0n) is 15.9. The monoisotopic (exact) mass is 353 g/mol. The van der Waals surface area contributed by atoms with Gasteiger partial charge in [0.1, 0.15) is 6.07 Å². The third-order valence-corrected chi connectivity index (χ3v) is 6.08. The lowest BCUT2D eigenvalue weighted by Crippen LogP contribution is -2.41. The van der Waals surface area contributed by atoms with Gasteiger partial charge in [0.15, 0.2) is 0 Å². The number of rotatable bonds is 2. The van der Waals surface area contributed by atoms with Crippen molar-refractivity contribution in [3.8, 4) is 6.07 Å². The summed E-state index contributed by atoms with van der Waals surface area (Å²) < 4.78 is 14.2. The Labute approximate surface area is 153 Å². The molecule has 2 aromatic rings. The zero-order valence-corrected chi connectivity index (χ0v) is 15.9. The average Bonchev–Trinajstić information content (AvgIpc) is 3.02. The molecule has 26 heavy (non-hydrogen) atoms. The van der Waals surface area contributed by atoms with Crippen LogP contribution in [0.25, 0.3) is 11.0 Å². The van der Waals surface area contributed by atoms with Gasteiger partial charge in [-0.3, -0.25) is 0 Å². The molecule has 1 aliphatic heterocycles. The fraction of sp³-hybridized carbons (Fsp3) is 0.579. The molecule has 0 amide bonds. The smallest absolute Gasteiger partial charge is 0.399 e. The fourth-order valence-electron chi connectivity index (χ4n) is 3.82. The number of nitriles is 1. The molecule has 0 spiro atoms. The van der Waals surface area contributed by atoms with E-state index in [-0.39, 0.29) is 6.04 Å². The van der Waals surface area contributed by atoms with Crippen molar-refractivity contribution in [1.82, 2.24) is 9.55 Å². The largest absolute Gasteiger partial charge is 0.494 e. The van der Waals surface area contributed by atoms with Crippen molar-refractivity contribution in [1.29, 1.82) is 5.26 Å². The Morgan fingerprint density at radius 2 is 1.81 bits per heavy atom. The molecule has 6 nitrogen and oxygen atoms in total. The van der Waals surface area contributed by atoms with E-state index in [1.54, 1.807) is 6.33 Å². The van der Waals surface area contributed by atoms with E-state index in [9.17, 15) is 10.4 Å². The molecular weight excluding hydrogens is 329 g/mol. The maximum atomic E-state index is 10.0. The highest BCUT2D eigenvalue weighted by Gasteiger charge is 2.52. The lowest BCUT2D eigenvalue weighted by molar-refractivity contribution is -0.0498. The van der Waals surface area contributed by atoms with Crippen molar-refractivity contribution in [2.45, 2.75) is 70.3 Å². The summed E-state index contributed by atoms with van der Waals surface area (Å²) in [7, 11) is -0.522. The van der Waals surface area contributed by atoms with Gasteiger partial charge in [0.05, 0.1) is 39.7 Å². The van der Waals surface area contributed by atoms with Crippen LogP contribution in [0.4, 0.5) is 0 Å². The van der Waals surface area contributed by atoms with E-state index >= 15 is 0 Å². The van der Waals surface area contributed by atoms with Gasteiger partial charge in [-0.15, -0.1) is 0 Å². The Morgan fingerprint density at radius 3 is 2.35 bits per heavy atom. The van der Waals surface area contributed by atoms with Crippen LogP contribution >= 0.6 is 0 Å². The quantitative estimate of drug-likeness (QED) is 0.838. The highest BCUT2D eigenvalue weighted by molar-refractivity contribution is 6.62. The van der Waals surface area contributed by atoms with Crippen LogP contribution in [-0.2, 0) is 9.31 Å². The van der Waals surface area contributed by atoms with E-state index in [0.717, 1.165) is 16.5 Å². The second kappa shape index (κ2) is 5.32. The van der Waals surface area contributed by atoms with E-state index in [2.05, 4.69) is 11.1 Å². The molecule has 1 aliphatic carbocycles. The average molecular weight is 353 g/mol. The van der Waals surface area contributed by atoms with Crippen molar-refractivity contribution < 1.29 is 14.4 Å². The third kappa shape index (κ3) is 2.56. The lowest BCUT2D eigenvalue weighted by Gasteiger charge is -2.41. The fourth-order valence-corrected chi connectivity index (χ4v) is 3.82. The van der Waals surface area contributed by atoms with E-state index in [1.807, 2.05) is 51.3 Å². The standard InChI is InChI=1S/C19H24BN3O3/c1-17(2)18(3,4)26-20(25-17)13-6-12(10-21)16-15(7-13)22-11-23(16)14-8-19(5,24)9-14/h6-7,11,14,24H,8-9H2,1-5H3/t14-,19+. The summed E-state index contributed by atoms with van der Waals surface area (Å²) in [6.07, 6.45) is 3.10. The summed E-state index contributed by atoms with van der Waals surface area (Å²) in [6.45, 7) is 9.87. The van der Waals surface area contributed by atoms with Crippen LogP contribution in [0.15, 0.2) is 18.5 Å². The van der Waals surface area contributed by atoms with E-state index in [4.69, 9.17) is 9.31 Å². The Balaban J connectivity index is 1.73. The van der Waals surface area contributed by atoms with Crippen molar-refractivity contribution in [2.24, 2.45) is 0 Å². The molecule has 2 aliphatic rings. The molecule has 4 rings (SSSR count). The topological polar surface area (TPSA) is 80.3 Å². The minimum absolute atomic E-state index is 0.171. The van der Waals surface area contributed by atoms with Gasteiger partial charge in [0, 0.05) is 6.04 Å². The summed E-state index contributed by atoms with van der Waals surface area (Å²) in [5.41, 5.74) is 1.42. The first-order valence-electron chi connectivity index (χ1n) is 9.02. The Morgan fingerprint density at radius 1 is 1.19 bits per heavy atom. The highest BCUT2D eigenvalue weighted by Crippen LogP contribution is 2.42. The van der Waals surface area contributed by atoms with Crippen molar-refractivity contribution in [2.75, 3.05) is 0 Å². The minimum Gasteiger partial charge on any atom is -0.399 e. The molecule has 0 bridgehead atoms. The van der Waals surface area contributed by atoms with Gasteiger partial charge < -0.3 is 19.0 Å². The number of aliphatic hydroxyl groups is 1. The number of hydrogen-bond donors (Lipinski definition) is 1. The first-order chi connectivity index (χ1) is 12.0. The molecule has 2 heterocycles. The summed E-state index contributed by atoms with van der Waals surface area (Å²) >= 11 is 0. The first kappa shape index (κ1) is 17.5. The Kier molecular flexibility index (Phi) is 3.59. The van der Waals surface area contributed by atoms with Gasteiger partial charge in [-0.2, -0.15) is 5.26 Å². The summed E-state index contributed by atoms with van der Waals surface area (Å²) in [4.78, 5) is 4.50. The zero-order chi connectivity index (χ0) is 18.9. The number of hydrogen-bond acceptors (Lipinski definition) is 5. The molecule has 1 saturated carbocycles. The second-order valence-corrected chi connectivity index (χ2v) is 8.85. The highest BCUT2D eigenvalue weighted by atomic mass is 16.7. The first-order valence-corrected chi connectivity index (χ1v) is 9.02. The van der Waals surface area contributed by atoms with E-state index in [1.165, 1.54) is 0 Å². The Hall–Kier alpha value is -1.88. The maximum Gasteiger partial charge on any atom is 0.494 e. The molecule has 136 valence electrons. The normalized spacial score (nSPS) is 29.6. The van der Waals surface area contributed by atoms with Gasteiger partial charge >= 0.3 is 7.12 Å². The SMILES string of the molecule is CC1(C)OB(c2cc(C#N)c3c(c2)ncn3[C@H]2C[C@@](C)(O)C2)OC1(C)C. The predicted molar refractivity (Wildman–Crippen MR) is 99.1 cm³/mol. The van der Waals surface area contributed by atoms with Crippen LogP contribution in [0.1, 0.15) is 59.1 Å². The van der Waals surface area contributed by atoms with Crippen LogP contribution in [0.3, 0.4) is 0 Å². The predicted octanol–water partition coefficient (Wildman–Crippen LogP) is 2.29. The Bertz CT molecular complexity index is 902. The van der Waals surface area contributed by atoms with Crippen LogP contribution in [-0.4, -0.2) is 38.6 Å². The summed E-state index contributed by atoms with van der Waals surface area (Å²) in [6, 6.07) is 6.23. The molecular formula is C19H24BN3O3. The van der Waals surface area contributed by atoms with Gasteiger partial charge in [-0.1, -0.05) is 0 Å². The van der Waals surface area contributed by atoms with Gasteiger partial charge in [-0.05, 0) is 65.1 Å².